The Morgan fingerprint density at radius 1 is 0.461 bits per heavy atom. The average molecular weight is 1570 g/mol. The van der Waals surface area contributed by atoms with Crippen LogP contribution in [0.4, 0.5) is 40.8 Å². The lowest BCUT2D eigenvalue weighted by atomic mass is 9.99. The molecule has 4 fully saturated rings. The Labute approximate surface area is 664 Å². The summed E-state index contributed by atoms with van der Waals surface area (Å²) in [6, 6.07) is 28.5. The van der Waals surface area contributed by atoms with Crippen LogP contribution in [0.2, 0.25) is 0 Å². The zero-order valence-electron chi connectivity index (χ0n) is 65.9. The molecule has 0 saturated carbocycles. The summed E-state index contributed by atoms with van der Waals surface area (Å²) in [6.45, 7) is 29.1. The van der Waals surface area contributed by atoms with Crippen molar-refractivity contribution in [1.29, 1.82) is 0 Å². The molecule has 8 aromatic heterocycles. The van der Waals surface area contributed by atoms with Gasteiger partial charge in [-0.1, -0.05) is 13.8 Å². The van der Waals surface area contributed by atoms with Gasteiger partial charge in [0.05, 0.1) is 36.9 Å². The molecule has 8 aliphatic heterocycles. The van der Waals surface area contributed by atoms with Crippen LogP contribution in [-0.4, -0.2) is 251 Å². The molecule has 20 bridgehead atoms. The van der Waals surface area contributed by atoms with E-state index >= 15 is 0 Å². The van der Waals surface area contributed by atoms with E-state index in [1.54, 1.807) is 91.4 Å². The lowest BCUT2D eigenvalue weighted by Crippen LogP contribution is -2.63. The zero-order valence-corrected chi connectivity index (χ0v) is 65.9. The van der Waals surface area contributed by atoms with Gasteiger partial charge in [0.25, 0.3) is 0 Å². The van der Waals surface area contributed by atoms with E-state index in [2.05, 4.69) is 135 Å². The number of nitrogens with one attached hydrogen (secondary N) is 6. The predicted molar refractivity (Wildman–Crippen MR) is 436 cm³/mol. The molecular formula is C84H99F4N23O4. The van der Waals surface area contributed by atoms with Crippen LogP contribution in [-0.2, 0) is 0 Å². The Morgan fingerprint density at radius 3 is 1.54 bits per heavy atom. The van der Waals surface area contributed by atoms with E-state index in [9.17, 15) is 17.6 Å². The van der Waals surface area contributed by atoms with E-state index in [1.165, 1.54) is 24.3 Å². The number of nitrogens with zero attached hydrogens (tertiary/aromatic N) is 17. The van der Waals surface area contributed by atoms with Crippen LogP contribution >= 0.6 is 0 Å². The lowest BCUT2D eigenvalue weighted by Gasteiger charge is -2.44. The highest BCUT2D eigenvalue weighted by atomic mass is 19.1. The first kappa shape index (κ1) is 76.8. The molecule has 115 heavy (non-hydrogen) atoms. The second-order valence-corrected chi connectivity index (χ2v) is 32.7. The van der Waals surface area contributed by atoms with Gasteiger partial charge in [-0.3, -0.25) is 19.6 Å². The minimum absolute atomic E-state index is 0.0119. The van der Waals surface area contributed by atoms with Crippen LogP contribution in [0.1, 0.15) is 54.4 Å². The van der Waals surface area contributed by atoms with Gasteiger partial charge in [0, 0.05) is 198 Å². The Hall–Kier alpha value is -10.8. The summed E-state index contributed by atoms with van der Waals surface area (Å²) in [5, 5.41) is 38.5. The summed E-state index contributed by atoms with van der Waals surface area (Å²) in [5.41, 5.74) is 6.96. The van der Waals surface area contributed by atoms with Gasteiger partial charge >= 0.3 is 0 Å². The number of piperidine rings is 1. The first-order chi connectivity index (χ1) is 55.7. The summed E-state index contributed by atoms with van der Waals surface area (Å²) >= 11 is 0. The standard InChI is InChI=1S/C23H29FN6O.2C21H25FN6O.C19H20FN5O/c1-15(2)21-13-29-9-8-28(3)22-6-7-30-23(27-22)19(12-26-30)18-10-17(4-5-20(18)24)31-14-16(29)11-25-21;1-21(2)13-27-8-6-23-19-5-7-28-20(26-19)17(11-25-28)16-9-15(3-4-18(16)22)29-12-14(27)10-24-21;1-21(2)13-27-8-6-23-19-5-7-28-20(26-19)17(11-25-28)16-9-14(3-4-18(16)22)29-15(12-27)10-24-21;20-17-4-3-14-10-15(17)16-11-21-25-7-5-18(23-19(16)25)22-13-2-1-6-24(12-13)8-9-26-14/h4-7,10,12,15-16,21,25H,8-9,11,13-14H2,1-3H3;3-5,7,9,11,14,24H,6,8,10,12-13H2,1-2H3,(H,23,26);3-5,7,9,11,15,24H,6,8,10,12-13H2,1-2H3,(H,23,26);3-5,7,10-11,13H,1-2,6,8-9,12H2,(H,22,23)/t16-,21+;14-;15-;13-/m0010/s1. The maximum atomic E-state index is 14.8. The Balaban J connectivity index is 0.000000111. The zero-order chi connectivity index (χ0) is 79.1. The number of hydrogen-bond donors (Lipinski definition) is 6. The maximum Gasteiger partial charge on any atom is 0.165 e. The third-order valence-electron chi connectivity index (χ3n) is 22.8. The Kier molecular flexibility index (Phi) is 21.9. The fourth-order valence-corrected chi connectivity index (χ4v) is 16.5. The van der Waals surface area contributed by atoms with Crippen LogP contribution in [0, 0.1) is 29.2 Å². The molecule has 0 radical (unpaired) electrons. The van der Waals surface area contributed by atoms with Crippen molar-refractivity contribution in [2.45, 2.75) is 95.7 Å². The van der Waals surface area contributed by atoms with E-state index in [-0.39, 0.29) is 52.5 Å². The van der Waals surface area contributed by atoms with Crippen molar-refractivity contribution in [3.63, 3.8) is 0 Å². The number of likely N-dealkylation sites (N-methyl/N-ethyl adjacent to an activating group) is 1. The Morgan fingerprint density at radius 2 is 0.957 bits per heavy atom. The second kappa shape index (κ2) is 32.8. The fourth-order valence-electron chi connectivity index (χ4n) is 16.5. The van der Waals surface area contributed by atoms with Gasteiger partial charge in [-0.05, 0) is 150 Å². The number of piperazine rings is 2. The van der Waals surface area contributed by atoms with Gasteiger partial charge in [0.1, 0.15) is 95.5 Å². The molecule has 6 N–H and O–H groups in total. The van der Waals surface area contributed by atoms with Crippen LogP contribution in [0.15, 0.2) is 147 Å². The number of benzene rings is 4. The highest BCUT2D eigenvalue weighted by Crippen LogP contribution is 2.37. The summed E-state index contributed by atoms with van der Waals surface area (Å²) < 4.78 is 89.7. The highest BCUT2D eigenvalue weighted by Gasteiger charge is 2.36. The van der Waals surface area contributed by atoms with Gasteiger partial charge in [-0.2, -0.15) is 20.4 Å². The fraction of sp³-hybridized carbons (Fsp3) is 0.429. The molecule has 602 valence electrons. The van der Waals surface area contributed by atoms with Crippen molar-refractivity contribution in [3.8, 4) is 67.5 Å². The molecule has 8 aliphatic rings. The number of halogens is 4. The number of aromatic nitrogens is 12. The molecule has 20 rings (SSSR count). The van der Waals surface area contributed by atoms with Crippen molar-refractivity contribution < 1.29 is 36.5 Å². The first-order valence-corrected chi connectivity index (χ1v) is 39.9. The van der Waals surface area contributed by atoms with Crippen molar-refractivity contribution in [2.24, 2.45) is 5.92 Å². The first-order valence-electron chi connectivity index (χ1n) is 39.9. The summed E-state index contributed by atoms with van der Waals surface area (Å²) in [7, 11) is 2.05. The van der Waals surface area contributed by atoms with E-state index in [0.717, 1.165) is 141 Å². The summed E-state index contributed by atoms with van der Waals surface area (Å²) in [6.07, 6.45) is 16.3. The van der Waals surface area contributed by atoms with Crippen LogP contribution in [0.3, 0.4) is 0 Å². The van der Waals surface area contributed by atoms with Crippen molar-refractivity contribution in [3.05, 3.63) is 170 Å². The molecule has 12 aromatic rings. The van der Waals surface area contributed by atoms with Crippen molar-refractivity contribution in [1.82, 2.24) is 93.9 Å². The van der Waals surface area contributed by atoms with Gasteiger partial charge in [-0.25, -0.2) is 55.6 Å². The molecule has 7 atom stereocenters. The molecule has 0 spiro atoms. The predicted octanol–water partition coefficient (Wildman–Crippen LogP) is 10.3. The summed E-state index contributed by atoms with van der Waals surface area (Å²) in [4.78, 5) is 30.8. The largest absolute Gasteiger partial charge is 0.492 e. The van der Waals surface area contributed by atoms with Gasteiger partial charge in [0.15, 0.2) is 22.6 Å². The van der Waals surface area contributed by atoms with Gasteiger partial charge in [-0.15, -0.1) is 0 Å². The average Bonchev–Trinajstić information content (AvgIpc) is 1.66. The van der Waals surface area contributed by atoms with Crippen molar-refractivity contribution in [2.75, 3.05) is 152 Å². The van der Waals surface area contributed by atoms with E-state index < -0.39 is 0 Å². The second-order valence-electron chi connectivity index (χ2n) is 32.7. The number of hydrogen-bond acceptors (Lipinski definition) is 23. The quantitative estimate of drug-likeness (QED) is 0.0837. The Bertz CT molecular complexity index is 5460. The number of rotatable bonds is 1. The normalized spacial score (nSPS) is 22.6. The van der Waals surface area contributed by atoms with E-state index in [0.29, 0.717) is 128 Å². The van der Waals surface area contributed by atoms with E-state index in [1.807, 2.05) is 49.1 Å². The lowest BCUT2D eigenvalue weighted by molar-refractivity contribution is 0.0674. The highest BCUT2D eigenvalue weighted by molar-refractivity contribution is 5.82. The molecule has 27 nitrogen and oxygen atoms in total. The monoisotopic (exact) mass is 1570 g/mol. The molecule has 4 saturated heterocycles. The van der Waals surface area contributed by atoms with Crippen LogP contribution in [0.25, 0.3) is 67.1 Å². The minimum Gasteiger partial charge on any atom is -0.492 e. The maximum absolute atomic E-state index is 14.8. The molecule has 0 aliphatic carbocycles. The number of anilines is 4. The molecule has 2 unspecified atom stereocenters. The molecule has 16 heterocycles. The molecular weight excluding hydrogens is 1470 g/mol. The number of fused-ring (bicyclic) bond motifs is 22. The number of ether oxygens (including phenoxy) is 4. The van der Waals surface area contributed by atoms with Crippen LogP contribution < -0.4 is 55.7 Å². The summed E-state index contributed by atoms with van der Waals surface area (Å²) in [5.74, 6) is 5.11. The topological polar surface area (TPSA) is 246 Å². The third-order valence-corrected chi connectivity index (χ3v) is 22.8. The van der Waals surface area contributed by atoms with Gasteiger partial charge < -0.3 is 55.7 Å². The van der Waals surface area contributed by atoms with Gasteiger partial charge in [0.2, 0.25) is 0 Å². The minimum atomic E-state index is -0.318. The molecule has 0 amide bonds. The third kappa shape index (κ3) is 17.3. The van der Waals surface area contributed by atoms with Crippen molar-refractivity contribution >= 4 is 45.9 Å². The van der Waals surface area contributed by atoms with Crippen LogP contribution in [0.5, 0.6) is 23.0 Å². The molecule has 31 heteroatoms. The SMILES string of the molecule is CC(C)[C@H]1CN2CCN(C)c3ccn4ncc(c4n3)-c3cc(ccc3F)OC[C@@H]2CN1.CC1(C)CN2CCNc3ccn4ncc(c4n3)-c3cc(ccc3F)OC[C@@H]2CN1.CC1(C)CN2CCNc3ccn4ncc(c4n3)-c3cc(ccc3F)O[C@H](CN1)C2.Fc1ccc2cc1-c1cnn3ccc(nc13)N[C@H]1CCCN(CCO2)C1. The van der Waals surface area contributed by atoms with E-state index in [4.69, 9.17) is 28.9 Å². The smallest absolute Gasteiger partial charge is 0.165 e. The molecule has 4 aromatic carbocycles.